The summed E-state index contributed by atoms with van der Waals surface area (Å²) < 4.78 is 190. The zero-order valence-corrected chi connectivity index (χ0v) is 51.0. The monoisotopic (exact) mass is 1310 g/mol. The topological polar surface area (TPSA) is 35.9 Å². The number of nitrogens with zero attached hydrogens (tertiary/aromatic N) is 4. The zero-order chi connectivity index (χ0) is 75.0. The number of hydrogen-bond donors (Lipinski definition) is 0. The van der Waals surface area contributed by atoms with E-state index in [4.69, 9.17) is 22.1 Å². The molecule has 4 heterocycles. The van der Waals surface area contributed by atoms with Gasteiger partial charge in [0.25, 0.3) is 6.33 Å². The Labute approximate surface area is 547 Å². The van der Waals surface area contributed by atoms with E-state index in [1.807, 2.05) is 94.6 Å². The first-order valence-corrected chi connectivity index (χ1v) is 28.1. The van der Waals surface area contributed by atoms with E-state index in [0.717, 1.165) is 33.0 Å². The number of hydrogen-bond acceptors (Lipinski definition) is 2. The van der Waals surface area contributed by atoms with Gasteiger partial charge in [-0.15, -0.1) is 29.7 Å². The Morgan fingerprint density at radius 1 is 0.488 bits per heavy atom. The van der Waals surface area contributed by atoms with Crippen molar-refractivity contribution in [1.82, 2.24) is 14.1 Å². The Hall–Kier alpha value is -8.89. The zero-order valence-electron chi connectivity index (χ0n) is 67.7. The van der Waals surface area contributed by atoms with Gasteiger partial charge in [-0.05, 0) is 172 Å². The Kier molecular flexibility index (Phi) is 9.45. The molecule has 426 valence electrons. The molecular formula is C80H68N4OPt-2. The average Bonchev–Trinajstić information content (AvgIpc) is 1.59. The molecule has 6 heteroatoms. The molecule has 0 fully saturated rings. The summed E-state index contributed by atoms with van der Waals surface area (Å²) in [5, 5.41) is 1.83. The van der Waals surface area contributed by atoms with Crippen molar-refractivity contribution in [2.24, 2.45) is 0 Å². The van der Waals surface area contributed by atoms with Crippen molar-refractivity contribution < 1.29 is 56.4 Å². The molecule has 0 aliphatic carbocycles. The van der Waals surface area contributed by atoms with Crippen LogP contribution in [0.25, 0.3) is 117 Å². The van der Waals surface area contributed by atoms with Gasteiger partial charge in [-0.3, -0.25) is 4.57 Å². The van der Waals surface area contributed by atoms with E-state index < -0.39 is 114 Å². The second-order valence-corrected chi connectivity index (χ2v) is 24.7. The molecule has 1 aliphatic heterocycles. The summed E-state index contributed by atoms with van der Waals surface area (Å²) in [7, 11) is 0. The number of ether oxygens (including phenoxy) is 1. The van der Waals surface area contributed by atoms with Gasteiger partial charge < -0.3 is 13.9 Å². The molecule has 86 heavy (non-hydrogen) atoms. The van der Waals surface area contributed by atoms with Gasteiger partial charge in [-0.2, -0.15) is 18.2 Å². The summed E-state index contributed by atoms with van der Waals surface area (Å²) in [6.07, 6.45) is 5.37. The first-order chi connectivity index (χ1) is 48.7. The molecule has 0 N–H and O–H groups in total. The maximum Gasteiger partial charge on any atom is 0.268 e. The minimum Gasteiger partial charge on any atom is -0.510 e. The minimum absolute atomic E-state index is 0. The Bertz CT molecular complexity index is 5780. The van der Waals surface area contributed by atoms with Crippen molar-refractivity contribution in [3.8, 4) is 95.5 Å². The van der Waals surface area contributed by atoms with Gasteiger partial charge in [0, 0.05) is 52.5 Å². The predicted octanol–water partition coefficient (Wildman–Crippen LogP) is 20.4. The van der Waals surface area contributed by atoms with Crippen LogP contribution in [0.2, 0.25) is 0 Å². The standard InChI is InChI=1S/C80H68N4O.Pt/c1-50-23-21-24-51(2)75(50)55-42-68(54-39-57(79(6,7)8)45-58(40-54)80(9,10)11)76-69(43-55)64-31-17-15-29-62(64)63-30-16-18-32-65(63)70-41-53(52-25-13-12-14-26-52)44-73-77(70)83(76)49-82(73)59-27-22-28-60(47-59)85-61-35-36-67-66-33-19-20-34-71(66)84(72(67)48-61)74-46-56(37-38-81-74)78(3,4)5;/h12-46H,1-11H3;/q-2;/i1D3,2D3,12D,13D,14D,15D,16D,17D,18D,25D,26D,29D,30D,31D,32D;. The second kappa shape index (κ2) is 21.3. The maximum absolute atomic E-state index is 10.3. The van der Waals surface area contributed by atoms with Gasteiger partial charge in [0.15, 0.2) is 0 Å². The van der Waals surface area contributed by atoms with Crippen LogP contribution in [0.4, 0.5) is 0 Å². The molecule has 0 saturated carbocycles. The van der Waals surface area contributed by atoms with E-state index in [1.165, 1.54) is 30.3 Å². The van der Waals surface area contributed by atoms with Crippen LogP contribution in [-0.4, -0.2) is 14.1 Å². The number of pyridine rings is 1. The van der Waals surface area contributed by atoms with Gasteiger partial charge in [0.2, 0.25) is 0 Å². The first kappa shape index (κ1) is 38.2. The first-order valence-electron chi connectivity index (χ1n) is 37.6. The smallest absolute Gasteiger partial charge is 0.268 e. The quantitative estimate of drug-likeness (QED) is 0.118. The number of fused-ring (bicyclic) bond motifs is 10. The van der Waals surface area contributed by atoms with Gasteiger partial charge in [0.1, 0.15) is 5.82 Å². The van der Waals surface area contributed by atoms with Crippen LogP contribution < -0.4 is 9.30 Å². The SMILES string of the molecule is [2H]c1c([2H])c([2H])c(-c2cc3c4c(c2)n(-c2[c-]c(Oc5[c-]c6c(cc5)c5ccccc5n6-c5cc(C(C)(C)C)ccn5)ccc2)[c-][n+]4-c2c(-c4cc(C(C)(C)C)cc(C(C)(C)C)c4)cc(-c4c(C([2H])([2H])[2H])cccc4C([2H])([2H])[2H])cc2-c2c([2H])c([2H])c([2H])c([2H])c2-c2c([2H])c([2H])c([2H])c([2H])c2-3)c([2H])c1[2H].[Pt]. The predicted molar refractivity (Wildman–Crippen MR) is 352 cm³/mol. The van der Waals surface area contributed by atoms with Crippen molar-refractivity contribution >= 4 is 32.8 Å². The molecule has 0 amide bonds. The Morgan fingerprint density at radius 3 is 1.77 bits per heavy atom. The summed E-state index contributed by atoms with van der Waals surface area (Å²) in [6.45, 7) is 12.7. The number of imidazole rings is 1. The molecule has 5 nitrogen and oxygen atoms in total. The Morgan fingerprint density at radius 2 is 1.09 bits per heavy atom. The molecule has 14 rings (SSSR count). The van der Waals surface area contributed by atoms with E-state index >= 15 is 0 Å². The second-order valence-electron chi connectivity index (χ2n) is 24.7. The van der Waals surface area contributed by atoms with E-state index in [-0.39, 0.29) is 122 Å². The van der Waals surface area contributed by atoms with Crippen LogP contribution in [0.5, 0.6) is 11.5 Å². The van der Waals surface area contributed by atoms with Gasteiger partial charge in [-0.25, -0.2) is 4.98 Å². The number of rotatable bonds is 7. The molecular weight excluding hydrogens is 1230 g/mol. The molecule has 0 unspecified atom stereocenters. The van der Waals surface area contributed by atoms with Crippen molar-refractivity contribution in [1.29, 1.82) is 0 Å². The van der Waals surface area contributed by atoms with E-state index in [0.29, 0.717) is 16.9 Å². The van der Waals surface area contributed by atoms with Crippen LogP contribution in [-0.2, 0) is 37.3 Å². The van der Waals surface area contributed by atoms with Crippen LogP contribution >= 0.6 is 0 Å². The third-order valence-electron chi connectivity index (χ3n) is 16.0. The van der Waals surface area contributed by atoms with Crippen molar-refractivity contribution in [2.75, 3.05) is 0 Å². The van der Waals surface area contributed by atoms with Crippen LogP contribution in [0.15, 0.2) is 212 Å². The summed E-state index contributed by atoms with van der Waals surface area (Å²) in [5.74, 6) is 1.10. The number of aryl methyl sites for hydroxylation is 2. The molecule has 10 aromatic carbocycles. The minimum atomic E-state index is -2.97. The largest absolute Gasteiger partial charge is 0.510 e. The molecule has 0 bridgehead atoms. The summed E-state index contributed by atoms with van der Waals surface area (Å²) in [6, 6.07) is 34.5. The molecule has 13 aromatic rings. The molecule has 1 aliphatic rings. The fourth-order valence-corrected chi connectivity index (χ4v) is 11.6. The summed E-state index contributed by atoms with van der Waals surface area (Å²) >= 11 is 0. The van der Waals surface area contributed by atoms with Gasteiger partial charge in [-0.1, -0.05) is 207 Å². The number of para-hydroxylation sites is 1. The van der Waals surface area contributed by atoms with Crippen molar-refractivity contribution in [3.05, 3.63) is 258 Å². The third kappa shape index (κ3) is 9.81. The molecule has 3 aromatic heterocycles. The van der Waals surface area contributed by atoms with Crippen LogP contribution in [0.3, 0.4) is 0 Å². The van der Waals surface area contributed by atoms with E-state index in [1.54, 1.807) is 51.7 Å². The molecule has 0 radical (unpaired) electrons. The van der Waals surface area contributed by atoms with Gasteiger partial charge in [0.05, 0.1) is 34.5 Å². The Balaban J connectivity index is 0.00000978. The number of aromatic nitrogens is 4. The van der Waals surface area contributed by atoms with Crippen molar-refractivity contribution in [3.63, 3.8) is 0 Å². The summed E-state index contributed by atoms with van der Waals surface area (Å²) in [4.78, 5) is 4.85. The summed E-state index contributed by atoms with van der Waals surface area (Å²) in [5.41, 5.74) is 1.00. The van der Waals surface area contributed by atoms with E-state index in [2.05, 4.69) is 51.4 Å². The number of benzene rings is 10. The van der Waals surface area contributed by atoms with Crippen molar-refractivity contribution in [2.45, 2.75) is 92.3 Å². The van der Waals surface area contributed by atoms with Gasteiger partial charge >= 0.3 is 0 Å². The molecule has 0 spiro atoms. The third-order valence-corrected chi connectivity index (χ3v) is 16.0. The fourth-order valence-electron chi connectivity index (χ4n) is 11.6. The molecule has 0 atom stereocenters. The normalized spacial score (nSPS) is 15.7. The van der Waals surface area contributed by atoms with E-state index in [9.17, 15) is 13.7 Å². The van der Waals surface area contributed by atoms with Crippen LogP contribution in [0, 0.1) is 32.2 Å². The average molecular weight is 1320 g/mol. The maximum atomic E-state index is 10.3. The molecule has 0 saturated heterocycles. The fraction of sp³-hybridized carbons (Fsp3) is 0.175. The van der Waals surface area contributed by atoms with Crippen LogP contribution in [0.1, 0.15) is 116 Å².